The third kappa shape index (κ3) is 6.70. The minimum absolute atomic E-state index is 0.202. The van der Waals surface area contributed by atoms with E-state index >= 15 is 0 Å². The Labute approximate surface area is 146 Å². The number of urea groups is 1. The summed E-state index contributed by atoms with van der Waals surface area (Å²) in [7, 11) is 0. The van der Waals surface area contributed by atoms with E-state index in [0.717, 1.165) is 12.8 Å². The lowest BCUT2D eigenvalue weighted by Gasteiger charge is -2.15. The van der Waals surface area contributed by atoms with Crippen LogP contribution in [0.3, 0.4) is 0 Å². The molecule has 1 aromatic carbocycles. The molecule has 138 valence electrons. The van der Waals surface area contributed by atoms with Crippen molar-refractivity contribution < 1.29 is 28.6 Å². The molecule has 0 heterocycles. The molecule has 25 heavy (non-hydrogen) atoms. The molecule has 0 aliphatic heterocycles. The Bertz CT molecular complexity index is 617. The van der Waals surface area contributed by atoms with E-state index in [-0.39, 0.29) is 5.56 Å². The number of rotatable bonds is 9. The molecule has 0 aliphatic carbocycles. The first kappa shape index (κ1) is 20.3. The molecule has 1 aromatic rings. The Kier molecular flexibility index (Phi) is 8.25. The molecule has 3 N–H and O–H groups in total. The number of esters is 1. The van der Waals surface area contributed by atoms with E-state index < -0.39 is 24.0 Å². The van der Waals surface area contributed by atoms with Gasteiger partial charge in [0.25, 0.3) is 5.91 Å². The molecule has 0 spiro atoms. The third-order valence-corrected chi connectivity index (χ3v) is 3.00. The monoisotopic (exact) mass is 352 g/mol. The number of nitrogens with two attached hydrogens (primary N) is 1. The van der Waals surface area contributed by atoms with Crippen LogP contribution in [0.4, 0.5) is 4.79 Å². The van der Waals surface area contributed by atoms with Gasteiger partial charge in [0.2, 0.25) is 0 Å². The summed E-state index contributed by atoms with van der Waals surface area (Å²) >= 11 is 0. The van der Waals surface area contributed by atoms with Crippen molar-refractivity contribution >= 4 is 17.9 Å². The van der Waals surface area contributed by atoms with E-state index in [9.17, 15) is 14.4 Å². The van der Waals surface area contributed by atoms with E-state index in [1.165, 1.54) is 19.1 Å². The number of carbonyl (C=O) groups is 3. The molecule has 0 aromatic heterocycles. The van der Waals surface area contributed by atoms with Gasteiger partial charge in [0.1, 0.15) is 0 Å². The summed E-state index contributed by atoms with van der Waals surface area (Å²) < 4.78 is 16.2. The fraction of sp³-hybridized carbons (Fsp3) is 0.471. The molecule has 1 rings (SSSR count). The number of hydrogen-bond donors (Lipinski definition) is 2. The highest BCUT2D eigenvalue weighted by atomic mass is 16.5. The molecule has 0 saturated carbocycles. The van der Waals surface area contributed by atoms with Crippen LogP contribution in [0.2, 0.25) is 0 Å². The third-order valence-electron chi connectivity index (χ3n) is 3.00. The predicted molar refractivity (Wildman–Crippen MR) is 90.6 cm³/mol. The van der Waals surface area contributed by atoms with Crippen LogP contribution in [0.15, 0.2) is 18.2 Å². The van der Waals surface area contributed by atoms with Crippen molar-refractivity contribution in [2.75, 3.05) is 13.2 Å². The second-order valence-electron chi connectivity index (χ2n) is 5.26. The largest absolute Gasteiger partial charge is 0.490 e. The number of benzene rings is 1. The highest BCUT2D eigenvalue weighted by molar-refractivity contribution is 5.98. The van der Waals surface area contributed by atoms with Crippen molar-refractivity contribution in [3.8, 4) is 11.5 Å². The average molecular weight is 352 g/mol. The Morgan fingerprint density at radius 3 is 2.24 bits per heavy atom. The standard InChI is InChI=1S/C17H24N2O6/c1-4-8-23-13-7-6-12(10-14(13)24-9-5-2)16(21)25-11(3)15(20)19-17(18)22/h6-7,10-11H,4-5,8-9H2,1-3H3,(H3,18,19,20,22)/t11-/m0/s1. The number of carbonyl (C=O) groups excluding carboxylic acids is 3. The molecular weight excluding hydrogens is 328 g/mol. The minimum Gasteiger partial charge on any atom is -0.490 e. The number of imide groups is 1. The average Bonchev–Trinajstić information content (AvgIpc) is 2.57. The Morgan fingerprint density at radius 2 is 1.68 bits per heavy atom. The smallest absolute Gasteiger partial charge is 0.339 e. The molecule has 0 unspecified atom stereocenters. The van der Waals surface area contributed by atoms with Gasteiger partial charge in [0, 0.05) is 0 Å². The van der Waals surface area contributed by atoms with Gasteiger partial charge in [-0.05, 0) is 38.0 Å². The van der Waals surface area contributed by atoms with Crippen molar-refractivity contribution in [2.45, 2.75) is 39.7 Å². The molecule has 1 atom stereocenters. The van der Waals surface area contributed by atoms with Crippen molar-refractivity contribution in [3.05, 3.63) is 23.8 Å². The topological polar surface area (TPSA) is 117 Å². The quantitative estimate of drug-likeness (QED) is 0.657. The van der Waals surface area contributed by atoms with Crippen LogP contribution in [0, 0.1) is 0 Å². The fourth-order valence-electron chi connectivity index (χ4n) is 1.80. The molecule has 0 fully saturated rings. The predicted octanol–water partition coefficient (Wildman–Crippen LogP) is 2.00. The molecule has 0 saturated heterocycles. The van der Waals surface area contributed by atoms with Crippen LogP contribution in [0.1, 0.15) is 44.0 Å². The van der Waals surface area contributed by atoms with Crippen LogP contribution in [-0.4, -0.2) is 37.2 Å². The number of nitrogens with one attached hydrogen (secondary N) is 1. The maximum absolute atomic E-state index is 12.2. The second-order valence-corrected chi connectivity index (χ2v) is 5.26. The van der Waals surface area contributed by atoms with Gasteiger partial charge >= 0.3 is 12.0 Å². The van der Waals surface area contributed by atoms with Gasteiger partial charge < -0.3 is 19.9 Å². The fourth-order valence-corrected chi connectivity index (χ4v) is 1.80. The Hall–Kier alpha value is -2.77. The zero-order valence-electron chi connectivity index (χ0n) is 14.7. The van der Waals surface area contributed by atoms with Crippen LogP contribution < -0.4 is 20.5 Å². The maximum atomic E-state index is 12.2. The highest BCUT2D eigenvalue weighted by Gasteiger charge is 2.21. The van der Waals surface area contributed by atoms with Crippen LogP contribution in [0.5, 0.6) is 11.5 Å². The van der Waals surface area contributed by atoms with E-state index in [2.05, 4.69) is 0 Å². The van der Waals surface area contributed by atoms with Crippen LogP contribution in [0.25, 0.3) is 0 Å². The molecule has 0 aliphatic rings. The molecular formula is C17H24N2O6. The first-order chi connectivity index (χ1) is 11.9. The van der Waals surface area contributed by atoms with Crippen molar-refractivity contribution in [1.29, 1.82) is 0 Å². The molecule has 0 radical (unpaired) electrons. The lowest BCUT2D eigenvalue weighted by Crippen LogP contribution is -2.42. The van der Waals surface area contributed by atoms with E-state index in [1.807, 2.05) is 19.2 Å². The van der Waals surface area contributed by atoms with Crippen LogP contribution >= 0.6 is 0 Å². The van der Waals surface area contributed by atoms with Crippen molar-refractivity contribution in [3.63, 3.8) is 0 Å². The minimum atomic E-state index is -1.17. The Morgan fingerprint density at radius 1 is 1.08 bits per heavy atom. The van der Waals surface area contributed by atoms with Crippen LogP contribution in [-0.2, 0) is 9.53 Å². The zero-order valence-corrected chi connectivity index (χ0v) is 14.7. The number of amides is 3. The number of ether oxygens (including phenoxy) is 3. The molecule has 8 heteroatoms. The summed E-state index contributed by atoms with van der Waals surface area (Å²) in [5.74, 6) is -0.563. The first-order valence-electron chi connectivity index (χ1n) is 8.09. The molecule has 0 bridgehead atoms. The van der Waals surface area contributed by atoms with Crippen molar-refractivity contribution in [1.82, 2.24) is 5.32 Å². The van der Waals surface area contributed by atoms with E-state index in [1.54, 1.807) is 6.07 Å². The van der Waals surface area contributed by atoms with E-state index in [0.29, 0.717) is 24.7 Å². The second kappa shape index (κ2) is 10.2. The summed E-state index contributed by atoms with van der Waals surface area (Å²) in [6.07, 6.45) is 0.464. The molecule has 3 amide bonds. The van der Waals surface area contributed by atoms with Gasteiger partial charge in [-0.3, -0.25) is 10.1 Å². The van der Waals surface area contributed by atoms with Gasteiger partial charge in [0.05, 0.1) is 18.8 Å². The molecule has 8 nitrogen and oxygen atoms in total. The van der Waals surface area contributed by atoms with Gasteiger partial charge in [-0.2, -0.15) is 0 Å². The van der Waals surface area contributed by atoms with Gasteiger partial charge in [0.15, 0.2) is 17.6 Å². The van der Waals surface area contributed by atoms with Gasteiger partial charge in [-0.1, -0.05) is 13.8 Å². The zero-order chi connectivity index (χ0) is 18.8. The first-order valence-corrected chi connectivity index (χ1v) is 8.09. The number of primary amides is 1. The summed E-state index contributed by atoms with van der Waals surface area (Å²) in [5.41, 5.74) is 5.06. The summed E-state index contributed by atoms with van der Waals surface area (Å²) in [6.45, 7) is 6.28. The Balaban J connectivity index is 2.86. The lowest BCUT2D eigenvalue weighted by molar-refractivity contribution is -0.127. The summed E-state index contributed by atoms with van der Waals surface area (Å²) in [4.78, 5) is 34.4. The normalized spacial score (nSPS) is 11.3. The van der Waals surface area contributed by atoms with Gasteiger partial charge in [-0.15, -0.1) is 0 Å². The SMILES string of the molecule is CCCOc1ccc(C(=O)O[C@@H](C)C(=O)NC(N)=O)cc1OCCC. The number of hydrogen-bond acceptors (Lipinski definition) is 6. The highest BCUT2D eigenvalue weighted by Crippen LogP contribution is 2.29. The summed E-state index contributed by atoms with van der Waals surface area (Å²) in [6, 6.07) is 3.62. The summed E-state index contributed by atoms with van der Waals surface area (Å²) in [5, 5.41) is 1.85. The van der Waals surface area contributed by atoms with Crippen molar-refractivity contribution in [2.24, 2.45) is 5.73 Å². The maximum Gasteiger partial charge on any atom is 0.339 e. The van der Waals surface area contributed by atoms with Gasteiger partial charge in [-0.25, -0.2) is 9.59 Å². The van der Waals surface area contributed by atoms with E-state index in [4.69, 9.17) is 19.9 Å². The lowest BCUT2D eigenvalue weighted by atomic mass is 10.2.